The summed E-state index contributed by atoms with van der Waals surface area (Å²) >= 11 is 3.22. The van der Waals surface area contributed by atoms with Crippen LogP contribution in [-0.4, -0.2) is 33.7 Å². The molecule has 1 atom stereocenters. The number of halogens is 1. The lowest BCUT2D eigenvalue weighted by Gasteiger charge is -2.32. The summed E-state index contributed by atoms with van der Waals surface area (Å²) in [6.07, 6.45) is 7.43. The van der Waals surface area contributed by atoms with E-state index in [9.17, 15) is 4.79 Å². The Morgan fingerprint density at radius 2 is 2.40 bits per heavy atom. The molecule has 1 aliphatic rings. The summed E-state index contributed by atoms with van der Waals surface area (Å²) in [7, 11) is 0. The first-order valence-corrected chi connectivity index (χ1v) is 7.47. The van der Waals surface area contributed by atoms with E-state index in [2.05, 4.69) is 21.0 Å². The molecule has 1 amide bonds. The summed E-state index contributed by atoms with van der Waals surface area (Å²) < 4.78 is 7.70. The topological polar surface area (TPSA) is 51.3 Å². The Labute approximate surface area is 125 Å². The maximum Gasteiger partial charge on any atom is 0.257 e. The second-order valence-electron chi connectivity index (χ2n) is 5.18. The number of likely N-dealkylation sites (tertiary alicyclic amines) is 1. The Bertz CT molecular complexity index is 619. The molecule has 3 rings (SSSR count). The van der Waals surface area contributed by atoms with Crippen molar-refractivity contribution in [1.29, 1.82) is 0 Å². The summed E-state index contributed by atoms with van der Waals surface area (Å²) in [6, 6.07) is 1.97. The molecule has 6 heteroatoms. The van der Waals surface area contributed by atoms with Gasteiger partial charge < -0.3 is 9.32 Å². The largest absolute Gasteiger partial charge is 0.457 e. The van der Waals surface area contributed by atoms with Crippen molar-refractivity contribution in [2.45, 2.75) is 25.8 Å². The first-order valence-electron chi connectivity index (χ1n) is 6.67. The zero-order valence-corrected chi connectivity index (χ0v) is 12.8. The molecule has 2 aromatic heterocycles. The van der Waals surface area contributed by atoms with Crippen molar-refractivity contribution in [2.24, 2.45) is 0 Å². The molecule has 0 N–H and O–H groups in total. The SMILES string of the molecule is Cc1cnn(C2CCCN(C(=O)c3coc(Br)c3)C2)c1. The van der Waals surface area contributed by atoms with Crippen molar-refractivity contribution in [3.05, 3.63) is 40.5 Å². The van der Waals surface area contributed by atoms with Crippen LogP contribution in [0.25, 0.3) is 0 Å². The van der Waals surface area contributed by atoms with Crippen LogP contribution in [0, 0.1) is 6.92 Å². The maximum absolute atomic E-state index is 12.4. The molecule has 1 unspecified atom stereocenters. The highest BCUT2D eigenvalue weighted by atomic mass is 79.9. The Kier molecular flexibility index (Phi) is 3.65. The van der Waals surface area contributed by atoms with E-state index < -0.39 is 0 Å². The number of furan rings is 1. The normalized spacial score (nSPS) is 19.3. The van der Waals surface area contributed by atoms with Gasteiger partial charge in [-0.15, -0.1) is 0 Å². The minimum absolute atomic E-state index is 0.0213. The monoisotopic (exact) mass is 337 g/mol. The van der Waals surface area contributed by atoms with Crippen LogP contribution >= 0.6 is 15.9 Å². The van der Waals surface area contributed by atoms with Crippen LogP contribution < -0.4 is 0 Å². The third-order valence-electron chi connectivity index (χ3n) is 3.60. The molecule has 1 saturated heterocycles. The fourth-order valence-electron chi connectivity index (χ4n) is 2.59. The van der Waals surface area contributed by atoms with Crippen LogP contribution in [0.5, 0.6) is 0 Å². The lowest BCUT2D eigenvalue weighted by molar-refractivity contribution is 0.0672. The number of hydrogen-bond acceptors (Lipinski definition) is 3. The average Bonchev–Trinajstić information content (AvgIpc) is 3.07. The first kappa shape index (κ1) is 13.4. The maximum atomic E-state index is 12.4. The predicted octanol–water partition coefficient (Wildman–Crippen LogP) is 3.02. The van der Waals surface area contributed by atoms with Gasteiger partial charge in [0.15, 0.2) is 4.67 Å². The summed E-state index contributed by atoms with van der Waals surface area (Å²) in [4.78, 5) is 14.3. The Hall–Kier alpha value is -1.56. The van der Waals surface area contributed by atoms with E-state index in [0.717, 1.165) is 24.9 Å². The molecule has 1 aliphatic heterocycles. The van der Waals surface area contributed by atoms with Crippen molar-refractivity contribution >= 4 is 21.8 Å². The van der Waals surface area contributed by atoms with Crippen LogP contribution in [0.2, 0.25) is 0 Å². The molecule has 5 nitrogen and oxygen atoms in total. The van der Waals surface area contributed by atoms with Gasteiger partial charge in [-0.2, -0.15) is 5.10 Å². The van der Waals surface area contributed by atoms with Gasteiger partial charge in [0.25, 0.3) is 5.91 Å². The smallest absolute Gasteiger partial charge is 0.257 e. The number of aryl methyl sites for hydroxylation is 1. The summed E-state index contributed by atoms with van der Waals surface area (Å²) in [6.45, 7) is 3.51. The second-order valence-corrected chi connectivity index (χ2v) is 5.97. The fraction of sp³-hybridized carbons (Fsp3) is 0.429. The van der Waals surface area contributed by atoms with E-state index >= 15 is 0 Å². The van der Waals surface area contributed by atoms with Gasteiger partial charge in [0, 0.05) is 25.4 Å². The number of amides is 1. The van der Waals surface area contributed by atoms with Crippen molar-refractivity contribution in [1.82, 2.24) is 14.7 Å². The zero-order chi connectivity index (χ0) is 14.1. The minimum atomic E-state index is 0.0213. The van der Waals surface area contributed by atoms with Gasteiger partial charge in [-0.25, -0.2) is 0 Å². The molecule has 1 fully saturated rings. The molecule has 20 heavy (non-hydrogen) atoms. The van der Waals surface area contributed by atoms with E-state index in [4.69, 9.17) is 4.42 Å². The van der Waals surface area contributed by atoms with Crippen LogP contribution in [0.3, 0.4) is 0 Å². The van der Waals surface area contributed by atoms with Crippen molar-refractivity contribution in [3.63, 3.8) is 0 Å². The Balaban J connectivity index is 1.73. The minimum Gasteiger partial charge on any atom is -0.457 e. The predicted molar refractivity (Wildman–Crippen MR) is 77.5 cm³/mol. The number of aromatic nitrogens is 2. The number of hydrogen-bond donors (Lipinski definition) is 0. The van der Waals surface area contributed by atoms with Crippen molar-refractivity contribution < 1.29 is 9.21 Å². The standard InChI is InChI=1S/C14H16BrN3O2/c1-10-6-16-18(7-10)12-3-2-4-17(8-12)14(19)11-5-13(15)20-9-11/h5-7,9,12H,2-4,8H2,1H3. The molecule has 0 radical (unpaired) electrons. The van der Waals surface area contributed by atoms with Gasteiger partial charge in [-0.05, 0) is 41.3 Å². The van der Waals surface area contributed by atoms with Gasteiger partial charge in [-0.1, -0.05) is 0 Å². The van der Waals surface area contributed by atoms with E-state index in [1.165, 1.54) is 6.26 Å². The highest BCUT2D eigenvalue weighted by molar-refractivity contribution is 9.10. The van der Waals surface area contributed by atoms with Crippen molar-refractivity contribution in [3.8, 4) is 0 Å². The van der Waals surface area contributed by atoms with Gasteiger partial charge >= 0.3 is 0 Å². The zero-order valence-electron chi connectivity index (χ0n) is 11.3. The lowest BCUT2D eigenvalue weighted by Crippen LogP contribution is -2.40. The van der Waals surface area contributed by atoms with E-state index in [1.807, 2.05) is 28.9 Å². The van der Waals surface area contributed by atoms with Gasteiger partial charge in [0.1, 0.15) is 6.26 Å². The second kappa shape index (κ2) is 5.44. The molecule has 0 spiro atoms. The van der Waals surface area contributed by atoms with E-state index in [1.54, 1.807) is 6.07 Å². The van der Waals surface area contributed by atoms with Gasteiger partial charge in [0.05, 0.1) is 17.8 Å². The molecule has 0 saturated carbocycles. The lowest BCUT2D eigenvalue weighted by atomic mass is 10.1. The van der Waals surface area contributed by atoms with Crippen LogP contribution in [0.1, 0.15) is 34.8 Å². The van der Waals surface area contributed by atoms with E-state index in [0.29, 0.717) is 16.8 Å². The number of rotatable bonds is 2. The van der Waals surface area contributed by atoms with Crippen LogP contribution in [-0.2, 0) is 0 Å². The third-order valence-corrected chi connectivity index (χ3v) is 4.02. The van der Waals surface area contributed by atoms with Crippen molar-refractivity contribution in [2.75, 3.05) is 13.1 Å². The Morgan fingerprint density at radius 1 is 1.55 bits per heavy atom. The Morgan fingerprint density at radius 3 is 3.05 bits per heavy atom. The highest BCUT2D eigenvalue weighted by Gasteiger charge is 2.26. The molecular weight excluding hydrogens is 322 g/mol. The van der Waals surface area contributed by atoms with Gasteiger partial charge in [-0.3, -0.25) is 9.48 Å². The summed E-state index contributed by atoms with van der Waals surface area (Å²) in [5, 5.41) is 4.36. The number of piperidine rings is 1. The molecule has 0 aromatic carbocycles. The molecular formula is C14H16BrN3O2. The quantitative estimate of drug-likeness (QED) is 0.846. The number of carbonyl (C=O) groups excluding carboxylic acids is 1. The van der Waals surface area contributed by atoms with Gasteiger partial charge in [0.2, 0.25) is 0 Å². The highest BCUT2D eigenvalue weighted by Crippen LogP contribution is 2.24. The molecule has 2 aromatic rings. The first-order chi connectivity index (χ1) is 9.63. The molecule has 0 bridgehead atoms. The fourth-order valence-corrected chi connectivity index (χ4v) is 2.93. The van der Waals surface area contributed by atoms with Crippen LogP contribution in [0.4, 0.5) is 0 Å². The molecule has 106 valence electrons. The summed E-state index contributed by atoms with van der Waals surface area (Å²) in [5.74, 6) is 0.0213. The van der Waals surface area contributed by atoms with Crippen LogP contribution in [0.15, 0.2) is 33.8 Å². The third kappa shape index (κ3) is 2.65. The number of nitrogens with zero attached hydrogens (tertiary/aromatic N) is 3. The average molecular weight is 338 g/mol. The summed E-state index contributed by atoms with van der Waals surface area (Å²) in [5.41, 5.74) is 1.74. The van der Waals surface area contributed by atoms with E-state index in [-0.39, 0.29) is 11.9 Å². The molecule has 3 heterocycles. The number of carbonyl (C=O) groups is 1. The molecule has 0 aliphatic carbocycles.